The zero-order valence-corrected chi connectivity index (χ0v) is 12.8. The van der Waals surface area contributed by atoms with Crippen LogP contribution in [0.1, 0.15) is 5.56 Å². The third-order valence-electron chi connectivity index (χ3n) is 2.89. The fourth-order valence-corrected chi connectivity index (χ4v) is 2.14. The molecular weight excluding hydrogens is 309 g/mol. The average molecular weight is 323 g/mol. The molecule has 2 rings (SSSR count). The number of aromatic nitrogens is 2. The van der Waals surface area contributed by atoms with Crippen molar-refractivity contribution in [2.45, 2.75) is 11.7 Å². The van der Waals surface area contributed by atoms with Crippen LogP contribution in [0, 0.1) is 15.9 Å². The number of nitro groups is 1. The van der Waals surface area contributed by atoms with Crippen molar-refractivity contribution in [1.29, 1.82) is 0 Å². The second-order valence-corrected chi connectivity index (χ2v) is 5.03. The first kappa shape index (κ1) is 16.0. The number of rotatable bonds is 6. The standard InChI is InChI=1S/C13H14FN5O2S/c1-15-12-8(7-17-13(18-12)22-2)6-16-9-3-4-10(14)11(5-9)19(20)21/h3-5,7,16H,6H2,1-2H3,(H,15,17,18). The Hall–Kier alpha value is -2.42. The molecule has 0 fully saturated rings. The van der Waals surface area contributed by atoms with E-state index in [4.69, 9.17) is 0 Å². The SMILES string of the molecule is CNc1nc(SC)ncc1CNc1ccc(F)c([N+](=O)[O-])c1. The minimum absolute atomic E-state index is 0.355. The van der Waals surface area contributed by atoms with Crippen LogP contribution >= 0.6 is 11.8 Å². The van der Waals surface area contributed by atoms with Crippen LogP contribution in [0.5, 0.6) is 0 Å². The molecule has 1 heterocycles. The van der Waals surface area contributed by atoms with E-state index in [-0.39, 0.29) is 0 Å². The van der Waals surface area contributed by atoms with Gasteiger partial charge in [-0.15, -0.1) is 0 Å². The van der Waals surface area contributed by atoms with Crippen LogP contribution in [0.3, 0.4) is 0 Å². The van der Waals surface area contributed by atoms with Gasteiger partial charge in [-0.1, -0.05) is 11.8 Å². The Morgan fingerprint density at radius 2 is 2.23 bits per heavy atom. The van der Waals surface area contributed by atoms with Crippen molar-refractivity contribution in [3.8, 4) is 0 Å². The van der Waals surface area contributed by atoms with Gasteiger partial charge in [0.1, 0.15) is 5.82 Å². The Labute approximate surface area is 130 Å². The maximum absolute atomic E-state index is 13.3. The van der Waals surface area contributed by atoms with Gasteiger partial charge in [0.25, 0.3) is 0 Å². The molecule has 0 aliphatic carbocycles. The molecule has 7 nitrogen and oxygen atoms in total. The lowest BCUT2D eigenvalue weighted by molar-refractivity contribution is -0.387. The van der Waals surface area contributed by atoms with E-state index in [1.165, 1.54) is 17.8 Å². The third-order valence-corrected chi connectivity index (χ3v) is 3.45. The summed E-state index contributed by atoms with van der Waals surface area (Å²) < 4.78 is 13.3. The van der Waals surface area contributed by atoms with Crippen LogP contribution in [0.15, 0.2) is 29.6 Å². The molecule has 2 N–H and O–H groups in total. The highest BCUT2D eigenvalue weighted by Crippen LogP contribution is 2.23. The maximum Gasteiger partial charge on any atom is 0.306 e. The predicted octanol–water partition coefficient (Wildman–Crippen LogP) is 2.90. The molecule has 0 saturated carbocycles. The van der Waals surface area contributed by atoms with Gasteiger partial charge in [0.2, 0.25) is 5.82 Å². The predicted molar refractivity (Wildman–Crippen MR) is 83.7 cm³/mol. The molecule has 0 atom stereocenters. The van der Waals surface area contributed by atoms with E-state index in [0.29, 0.717) is 23.2 Å². The van der Waals surface area contributed by atoms with Crippen LogP contribution in [-0.4, -0.2) is 28.2 Å². The minimum atomic E-state index is -0.862. The Kier molecular flexibility index (Phi) is 5.10. The fourth-order valence-electron chi connectivity index (χ4n) is 1.79. The Morgan fingerprint density at radius 1 is 1.45 bits per heavy atom. The molecule has 2 aromatic rings. The van der Waals surface area contributed by atoms with Crippen molar-refractivity contribution in [1.82, 2.24) is 9.97 Å². The van der Waals surface area contributed by atoms with Crippen molar-refractivity contribution in [3.63, 3.8) is 0 Å². The van der Waals surface area contributed by atoms with Gasteiger partial charge >= 0.3 is 5.69 Å². The summed E-state index contributed by atoms with van der Waals surface area (Å²) in [5.74, 6) is -0.192. The minimum Gasteiger partial charge on any atom is -0.381 e. The molecule has 0 radical (unpaired) electrons. The van der Waals surface area contributed by atoms with Gasteiger partial charge in [-0.05, 0) is 18.4 Å². The van der Waals surface area contributed by atoms with Crippen LogP contribution < -0.4 is 10.6 Å². The highest BCUT2D eigenvalue weighted by atomic mass is 32.2. The first-order valence-corrected chi connectivity index (χ1v) is 7.53. The second-order valence-electron chi connectivity index (χ2n) is 4.26. The van der Waals surface area contributed by atoms with E-state index in [0.717, 1.165) is 17.7 Å². The average Bonchev–Trinajstić information content (AvgIpc) is 2.53. The van der Waals surface area contributed by atoms with Crippen molar-refractivity contribution in [3.05, 3.63) is 45.9 Å². The van der Waals surface area contributed by atoms with Gasteiger partial charge in [0, 0.05) is 37.1 Å². The van der Waals surface area contributed by atoms with Crippen molar-refractivity contribution < 1.29 is 9.31 Å². The van der Waals surface area contributed by atoms with E-state index in [9.17, 15) is 14.5 Å². The monoisotopic (exact) mass is 323 g/mol. The van der Waals surface area contributed by atoms with Crippen LogP contribution in [-0.2, 0) is 6.54 Å². The summed E-state index contributed by atoms with van der Waals surface area (Å²) >= 11 is 1.43. The third kappa shape index (κ3) is 3.61. The van der Waals surface area contributed by atoms with Gasteiger partial charge in [-0.2, -0.15) is 4.39 Å². The zero-order valence-electron chi connectivity index (χ0n) is 12.0. The molecule has 0 unspecified atom stereocenters. The number of hydrogen-bond donors (Lipinski definition) is 2. The first-order chi connectivity index (χ1) is 10.5. The number of benzene rings is 1. The fraction of sp³-hybridized carbons (Fsp3) is 0.231. The van der Waals surface area contributed by atoms with E-state index in [1.54, 1.807) is 13.2 Å². The number of nitrogens with zero attached hydrogens (tertiary/aromatic N) is 3. The lowest BCUT2D eigenvalue weighted by Crippen LogP contribution is -2.07. The van der Waals surface area contributed by atoms with Crippen LogP contribution in [0.25, 0.3) is 0 Å². The largest absolute Gasteiger partial charge is 0.381 e. The van der Waals surface area contributed by atoms with Crippen LogP contribution in [0.2, 0.25) is 0 Å². The molecule has 1 aromatic heterocycles. The molecular formula is C13H14FN5O2S. The quantitative estimate of drug-likeness (QED) is 0.365. The zero-order chi connectivity index (χ0) is 16.1. The lowest BCUT2D eigenvalue weighted by Gasteiger charge is -2.11. The number of nitrogens with one attached hydrogen (secondary N) is 2. The molecule has 22 heavy (non-hydrogen) atoms. The number of halogens is 1. The summed E-state index contributed by atoms with van der Waals surface area (Å²) in [6.07, 6.45) is 3.56. The van der Waals surface area contributed by atoms with E-state index < -0.39 is 16.4 Å². The lowest BCUT2D eigenvalue weighted by atomic mass is 10.2. The van der Waals surface area contributed by atoms with Crippen molar-refractivity contribution in [2.75, 3.05) is 23.9 Å². The molecule has 0 spiro atoms. The summed E-state index contributed by atoms with van der Waals surface area (Å²) in [5, 5.41) is 17.3. The van der Waals surface area contributed by atoms with E-state index in [1.807, 2.05) is 6.26 Å². The highest BCUT2D eigenvalue weighted by molar-refractivity contribution is 7.98. The van der Waals surface area contributed by atoms with Crippen molar-refractivity contribution in [2.24, 2.45) is 0 Å². The molecule has 0 aliphatic heterocycles. The summed E-state index contributed by atoms with van der Waals surface area (Å²) in [7, 11) is 1.75. The molecule has 9 heteroatoms. The Balaban J connectivity index is 2.16. The van der Waals surface area contributed by atoms with E-state index >= 15 is 0 Å². The Morgan fingerprint density at radius 3 is 2.86 bits per heavy atom. The second kappa shape index (κ2) is 7.03. The normalized spacial score (nSPS) is 10.3. The Bertz CT molecular complexity index is 698. The number of nitro benzene ring substituents is 1. The van der Waals surface area contributed by atoms with Gasteiger partial charge < -0.3 is 10.6 Å². The maximum atomic E-state index is 13.3. The molecule has 0 aliphatic rings. The van der Waals surface area contributed by atoms with Gasteiger partial charge in [-0.3, -0.25) is 10.1 Å². The van der Waals surface area contributed by atoms with Crippen molar-refractivity contribution >= 4 is 29.0 Å². The smallest absolute Gasteiger partial charge is 0.306 e. The number of thioether (sulfide) groups is 1. The summed E-state index contributed by atoms with van der Waals surface area (Å²) in [5.41, 5.74) is 0.684. The molecule has 116 valence electrons. The first-order valence-electron chi connectivity index (χ1n) is 6.30. The molecule has 0 bridgehead atoms. The van der Waals surface area contributed by atoms with Crippen LogP contribution in [0.4, 0.5) is 21.6 Å². The topological polar surface area (TPSA) is 93.0 Å². The summed E-state index contributed by atoms with van der Waals surface area (Å²) in [6, 6.07) is 3.66. The molecule has 0 amide bonds. The number of anilines is 2. The highest BCUT2D eigenvalue weighted by Gasteiger charge is 2.14. The van der Waals surface area contributed by atoms with Gasteiger partial charge in [0.05, 0.1) is 4.92 Å². The molecule has 1 aromatic carbocycles. The summed E-state index contributed by atoms with van der Waals surface area (Å²) in [4.78, 5) is 18.5. The molecule has 0 saturated heterocycles. The van der Waals surface area contributed by atoms with E-state index in [2.05, 4.69) is 20.6 Å². The van der Waals surface area contributed by atoms with Gasteiger partial charge in [0.15, 0.2) is 5.16 Å². The summed E-state index contributed by atoms with van der Waals surface area (Å²) in [6.45, 7) is 0.355. The van der Waals surface area contributed by atoms with Gasteiger partial charge in [-0.25, -0.2) is 9.97 Å². The number of hydrogen-bond acceptors (Lipinski definition) is 7.